The number of carbonyl (C=O) groups is 1. The second-order valence-electron chi connectivity index (χ2n) is 6.24. The van der Waals surface area contributed by atoms with Crippen LogP contribution in [0.4, 0.5) is 18.0 Å². The Balaban J connectivity index is 1.67. The fourth-order valence-corrected chi connectivity index (χ4v) is 2.49. The molecule has 9 heteroatoms. The summed E-state index contributed by atoms with van der Waals surface area (Å²) in [5.74, 6) is 0.317. The quantitative estimate of drug-likeness (QED) is 0.918. The molecule has 0 aliphatic carbocycles. The van der Waals surface area contributed by atoms with Crippen LogP contribution in [0.5, 0.6) is 0 Å². The van der Waals surface area contributed by atoms with Crippen molar-refractivity contribution in [2.24, 2.45) is 0 Å². The molecule has 2 heterocycles. The maximum atomic E-state index is 12.8. The van der Waals surface area contributed by atoms with Gasteiger partial charge in [0.25, 0.3) is 0 Å². The average molecular weight is 354 g/mol. The molecule has 3 rings (SSSR count). The van der Waals surface area contributed by atoms with E-state index in [4.69, 9.17) is 4.52 Å². The second kappa shape index (κ2) is 6.38. The Bertz CT molecular complexity index is 767. The number of benzene rings is 1. The third kappa shape index (κ3) is 3.75. The largest absolute Gasteiger partial charge is 0.416 e. The maximum absolute atomic E-state index is 12.8. The third-order valence-corrected chi connectivity index (χ3v) is 3.82. The summed E-state index contributed by atoms with van der Waals surface area (Å²) >= 11 is 0. The SMILES string of the molecule is CC(C)NC(=O)N1CC(c2nc(-c3cccc(C(F)(F)F)c3)no2)C1. The van der Waals surface area contributed by atoms with Crippen LogP contribution < -0.4 is 5.32 Å². The van der Waals surface area contributed by atoms with Crippen LogP contribution in [0.15, 0.2) is 28.8 Å². The summed E-state index contributed by atoms with van der Waals surface area (Å²) in [6, 6.07) is 4.65. The minimum absolute atomic E-state index is 0.0440. The van der Waals surface area contributed by atoms with Gasteiger partial charge in [0.15, 0.2) is 0 Å². The van der Waals surface area contributed by atoms with Crippen LogP contribution in [-0.2, 0) is 6.18 Å². The Morgan fingerprint density at radius 2 is 2.08 bits per heavy atom. The topological polar surface area (TPSA) is 71.3 Å². The van der Waals surface area contributed by atoms with Crippen LogP contribution in [0.2, 0.25) is 0 Å². The molecule has 0 saturated carbocycles. The summed E-state index contributed by atoms with van der Waals surface area (Å²) in [6.45, 7) is 4.61. The van der Waals surface area contributed by atoms with Gasteiger partial charge in [-0.1, -0.05) is 17.3 Å². The van der Waals surface area contributed by atoms with Crippen molar-refractivity contribution in [3.05, 3.63) is 35.7 Å². The van der Waals surface area contributed by atoms with Gasteiger partial charge in [0, 0.05) is 24.7 Å². The number of aromatic nitrogens is 2. The molecule has 0 spiro atoms. The van der Waals surface area contributed by atoms with Crippen molar-refractivity contribution in [2.45, 2.75) is 32.0 Å². The highest BCUT2D eigenvalue weighted by atomic mass is 19.4. The van der Waals surface area contributed by atoms with Crippen molar-refractivity contribution in [1.29, 1.82) is 0 Å². The van der Waals surface area contributed by atoms with Gasteiger partial charge in [0.05, 0.1) is 11.5 Å². The molecule has 1 fully saturated rings. The molecule has 2 amide bonds. The van der Waals surface area contributed by atoms with Crippen LogP contribution in [0, 0.1) is 0 Å². The Kier molecular flexibility index (Phi) is 4.40. The van der Waals surface area contributed by atoms with Crippen molar-refractivity contribution < 1.29 is 22.5 Å². The van der Waals surface area contributed by atoms with Gasteiger partial charge in [-0.25, -0.2) is 4.79 Å². The molecule has 0 unspecified atom stereocenters. The number of nitrogens with one attached hydrogen (secondary N) is 1. The van der Waals surface area contributed by atoms with E-state index in [2.05, 4.69) is 15.5 Å². The van der Waals surface area contributed by atoms with E-state index in [1.807, 2.05) is 13.8 Å². The van der Waals surface area contributed by atoms with E-state index < -0.39 is 11.7 Å². The van der Waals surface area contributed by atoms with Gasteiger partial charge in [0.2, 0.25) is 11.7 Å². The highest BCUT2D eigenvalue weighted by Gasteiger charge is 2.36. The third-order valence-electron chi connectivity index (χ3n) is 3.82. The summed E-state index contributed by atoms with van der Waals surface area (Å²) in [5, 5.41) is 6.54. The zero-order valence-corrected chi connectivity index (χ0v) is 13.7. The summed E-state index contributed by atoms with van der Waals surface area (Å²) < 4.78 is 43.5. The number of carbonyl (C=O) groups excluding carboxylic acids is 1. The highest BCUT2D eigenvalue weighted by molar-refractivity contribution is 5.75. The first-order chi connectivity index (χ1) is 11.7. The number of hydrogen-bond acceptors (Lipinski definition) is 4. The minimum atomic E-state index is -4.43. The zero-order valence-electron chi connectivity index (χ0n) is 13.7. The van der Waals surface area contributed by atoms with E-state index in [9.17, 15) is 18.0 Å². The van der Waals surface area contributed by atoms with Crippen molar-refractivity contribution in [1.82, 2.24) is 20.4 Å². The fourth-order valence-electron chi connectivity index (χ4n) is 2.49. The molecule has 0 radical (unpaired) electrons. The number of rotatable bonds is 3. The molecular formula is C16H17F3N4O2. The summed E-state index contributed by atoms with van der Waals surface area (Å²) in [6.07, 6.45) is -4.43. The molecule has 6 nitrogen and oxygen atoms in total. The van der Waals surface area contributed by atoms with Gasteiger partial charge < -0.3 is 14.7 Å². The van der Waals surface area contributed by atoms with Crippen LogP contribution in [0.1, 0.15) is 31.2 Å². The highest BCUT2D eigenvalue weighted by Crippen LogP contribution is 2.32. The van der Waals surface area contributed by atoms with Crippen LogP contribution in [0.3, 0.4) is 0 Å². The van der Waals surface area contributed by atoms with E-state index in [-0.39, 0.29) is 29.4 Å². The van der Waals surface area contributed by atoms with Crippen LogP contribution in [0.25, 0.3) is 11.4 Å². The van der Waals surface area contributed by atoms with E-state index in [0.717, 1.165) is 12.1 Å². The predicted octanol–water partition coefficient (Wildman–Crippen LogP) is 3.27. The molecule has 1 aliphatic rings. The number of halogens is 3. The fraction of sp³-hybridized carbons (Fsp3) is 0.438. The molecule has 1 saturated heterocycles. The lowest BCUT2D eigenvalue weighted by Gasteiger charge is -2.37. The number of likely N-dealkylation sites (tertiary alicyclic amines) is 1. The Hall–Kier alpha value is -2.58. The first kappa shape index (κ1) is 17.2. The molecule has 1 aromatic heterocycles. The zero-order chi connectivity index (χ0) is 18.2. The smallest absolute Gasteiger partial charge is 0.339 e. The van der Waals surface area contributed by atoms with E-state index in [1.165, 1.54) is 12.1 Å². The Labute approximate surface area is 142 Å². The minimum Gasteiger partial charge on any atom is -0.339 e. The molecule has 25 heavy (non-hydrogen) atoms. The van der Waals surface area contributed by atoms with Gasteiger partial charge in [0.1, 0.15) is 0 Å². The molecule has 1 N–H and O–H groups in total. The first-order valence-corrected chi connectivity index (χ1v) is 7.80. The van der Waals surface area contributed by atoms with Crippen molar-refractivity contribution >= 4 is 6.03 Å². The number of alkyl halides is 3. The predicted molar refractivity (Wildman–Crippen MR) is 82.7 cm³/mol. The summed E-state index contributed by atoms with van der Waals surface area (Å²) in [4.78, 5) is 17.6. The first-order valence-electron chi connectivity index (χ1n) is 7.80. The van der Waals surface area contributed by atoms with Gasteiger partial charge >= 0.3 is 12.2 Å². The maximum Gasteiger partial charge on any atom is 0.416 e. The monoisotopic (exact) mass is 354 g/mol. The van der Waals surface area contributed by atoms with Crippen molar-refractivity contribution in [2.75, 3.05) is 13.1 Å². The molecule has 2 aromatic rings. The lowest BCUT2D eigenvalue weighted by molar-refractivity contribution is -0.137. The van der Waals surface area contributed by atoms with Crippen LogP contribution in [-0.4, -0.2) is 40.2 Å². The molecule has 134 valence electrons. The summed E-state index contributed by atoms with van der Waals surface area (Å²) in [7, 11) is 0. The standard InChI is InChI=1S/C16H17F3N4O2/c1-9(2)20-15(24)23-7-11(8-23)14-21-13(22-25-14)10-4-3-5-12(6-10)16(17,18)19/h3-6,9,11H,7-8H2,1-2H3,(H,20,24). The normalized spacial score (nSPS) is 15.4. The van der Waals surface area contributed by atoms with Crippen molar-refractivity contribution in [3.63, 3.8) is 0 Å². The van der Waals surface area contributed by atoms with Gasteiger partial charge in [-0.2, -0.15) is 18.2 Å². The number of hydrogen-bond donors (Lipinski definition) is 1. The number of amides is 2. The van der Waals surface area contributed by atoms with E-state index >= 15 is 0 Å². The lowest BCUT2D eigenvalue weighted by Crippen LogP contribution is -2.53. The molecule has 1 aliphatic heterocycles. The molecule has 0 bridgehead atoms. The van der Waals surface area contributed by atoms with E-state index in [0.29, 0.717) is 19.0 Å². The average Bonchev–Trinajstić information content (AvgIpc) is 2.93. The molecule has 0 atom stereocenters. The summed E-state index contributed by atoms with van der Waals surface area (Å²) in [5.41, 5.74) is -0.532. The van der Waals surface area contributed by atoms with Crippen molar-refractivity contribution in [3.8, 4) is 11.4 Å². The molecule has 1 aromatic carbocycles. The van der Waals surface area contributed by atoms with Gasteiger partial charge in [-0.3, -0.25) is 0 Å². The molecular weight excluding hydrogens is 337 g/mol. The van der Waals surface area contributed by atoms with Crippen LogP contribution >= 0.6 is 0 Å². The number of nitrogens with zero attached hydrogens (tertiary/aromatic N) is 3. The second-order valence-corrected chi connectivity index (χ2v) is 6.24. The Morgan fingerprint density at radius 3 is 2.72 bits per heavy atom. The van der Waals surface area contributed by atoms with Gasteiger partial charge in [-0.15, -0.1) is 0 Å². The number of urea groups is 1. The Morgan fingerprint density at radius 1 is 1.36 bits per heavy atom. The lowest BCUT2D eigenvalue weighted by atomic mass is 10.0. The van der Waals surface area contributed by atoms with Gasteiger partial charge in [-0.05, 0) is 26.0 Å². The van der Waals surface area contributed by atoms with E-state index in [1.54, 1.807) is 4.90 Å².